The molecule has 1 spiro atoms. The van der Waals surface area contributed by atoms with E-state index in [1.807, 2.05) is 27.0 Å². The van der Waals surface area contributed by atoms with E-state index in [1.54, 1.807) is 6.07 Å². The summed E-state index contributed by atoms with van der Waals surface area (Å²) in [5, 5.41) is 3.44. The lowest BCUT2D eigenvalue weighted by Crippen LogP contribution is -2.42. The summed E-state index contributed by atoms with van der Waals surface area (Å²) in [5.74, 6) is 0.927. The van der Waals surface area contributed by atoms with Crippen molar-refractivity contribution in [3.63, 3.8) is 0 Å². The zero-order valence-electron chi connectivity index (χ0n) is 17.1. The number of hydrogen-bond acceptors (Lipinski definition) is 5. The van der Waals surface area contributed by atoms with E-state index in [2.05, 4.69) is 15.2 Å². The van der Waals surface area contributed by atoms with Crippen LogP contribution in [0.25, 0.3) is 0 Å². The summed E-state index contributed by atoms with van der Waals surface area (Å²) in [5.41, 5.74) is 0.305. The summed E-state index contributed by atoms with van der Waals surface area (Å²) < 4.78 is 32.8. The second kappa shape index (κ2) is 9.11. The van der Waals surface area contributed by atoms with Crippen molar-refractivity contribution in [1.29, 1.82) is 0 Å². The Hall–Kier alpha value is -1.16. The molecule has 2 fully saturated rings. The van der Waals surface area contributed by atoms with Crippen LogP contribution in [-0.2, 0) is 21.2 Å². The smallest absolute Gasteiger partial charge is 0.252 e. The molecule has 1 atom stereocenters. The molecule has 1 aromatic rings. The Morgan fingerprint density at radius 1 is 1.36 bits per heavy atom. The lowest BCUT2D eigenvalue weighted by atomic mass is 9.87. The van der Waals surface area contributed by atoms with Crippen molar-refractivity contribution < 1.29 is 13.2 Å². The molecular weight excluding hydrogens is 396 g/mol. The molecule has 0 radical (unpaired) electrons. The van der Waals surface area contributed by atoms with E-state index in [9.17, 15) is 8.42 Å². The monoisotopic (exact) mass is 428 g/mol. The van der Waals surface area contributed by atoms with Crippen LogP contribution in [0.3, 0.4) is 0 Å². The molecular formula is C19H32N4O3S2. The molecule has 2 saturated heterocycles. The van der Waals surface area contributed by atoms with Gasteiger partial charge in [-0.15, -0.1) is 11.3 Å². The molecule has 0 amide bonds. The van der Waals surface area contributed by atoms with Crippen LogP contribution < -0.4 is 5.32 Å². The van der Waals surface area contributed by atoms with E-state index in [4.69, 9.17) is 4.74 Å². The number of likely N-dealkylation sites (tertiary alicyclic amines) is 1. The highest BCUT2D eigenvalue weighted by molar-refractivity contribution is 7.91. The van der Waals surface area contributed by atoms with Crippen molar-refractivity contribution in [1.82, 2.24) is 14.5 Å². The van der Waals surface area contributed by atoms with Crippen LogP contribution in [0.15, 0.2) is 21.3 Å². The van der Waals surface area contributed by atoms with Crippen LogP contribution in [0.5, 0.6) is 0 Å². The van der Waals surface area contributed by atoms with Crippen LogP contribution in [0.4, 0.5) is 0 Å². The van der Waals surface area contributed by atoms with Gasteiger partial charge >= 0.3 is 0 Å². The molecule has 7 nitrogen and oxygen atoms in total. The number of thiophene rings is 1. The maximum atomic E-state index is 12.6. The number of nitrogens with one attached hydrogen (secondary N) is 1. The Morgan fingerprint density at radius 3 is 2.79 bits per heavy atom. The predicted octanol–water partition coefficient (Wildman–Crippen LogP) is 2.01. The fourth-order valence-corrected chi connectivity index (χ4v) is 7.01. The van der Waals surface area contributed by atoms with Gasteiger partial charge in [-0.2, -0.15) is 4.31 Å². The van der Waals surface area contributed by atoms with Crippen molar-refractivity contribution in [3.8, 4) is 0 Å². The highest BCUT2D eigenvalue weighted by Gasteiger charge is 2.42. The standard InChI is InChI=1S/C19H32N4O3S2/c1-4-23(5-2)28(24,25)17-7-6-16(27-17)8-11-21-18(20-3)22-12-9-19(14-22)10-13-26-15-19/h6-7H,4-5,8-15H2,1-3H3,(H,20,21). The zero-order chi connectivity index (χ0) is 20.2. The van der Waals surface area contributed by atoms with Crippen molar-refractivity contribution in [2.24, 2.45) is 10.4 Å². The summed E-state index contributed by atoms with van der Waals surface area (Å²) in [6.07, 6.45) is 3.07. The van der Waals surface area contributed by atoms with E-state index in [0.29, 0.717) is 22.7 Å². The van der Waals surface area contributed by atoms with Gasteiger partial charge in [0.1, 0.15) is 4.21 Å². The average molecular weight is 429 g/mol. The molecule has 0 saturated carbocycles. The van der Waals surface area contributed by atoms with Crippen LogP contribution in [0.1, 0.15) is 31.6 Å². The van der Waals surface area contributed by atoms with E-state index >= 15 is 0 Å². The Balaban J connectivity index is 1.53. The lowest BCUT2D eigenvalue weighted by molar-refractivity contribution is 0.156. The van der Waals surface area contributed by atoms with Crippen LogP contribution in [0.2, 0.25) is 0 Å². The first kappa shape index (κ1) is 21.5. The highest BCUT2D eigenvalue weighted by Crippen LogP contribution is 2.38. The van der Waals surface area contributed by atoms with Gasteiger partial charge in [0.2, 0.25) is 0 Å². The largest absolute Gasteiger partial charge is 0.381 e. The zero-order valence-corrected chi connectivity index (χ0v) is 18.7. The van der Waals surface area contributed by atoms with Crippen LogP contribution >= 0.6 is 11.3 Å². The van der Waals surface area contributed by atoms with E-state index in [1.165, 1.54) is 15.6 Å². The van der Waals surface area contributed by atoms with Gasteiger partial charge in [-0.05, 0) is 31.4 Å². The number of ether oxygens (including phenoxy) is 1. The molecule has 0 aliphatic carbocycles. The Morgan fingerprint density at radius 2 is 2.14 bits per heavy atom. The number of guanidine groups is 1. The first-order valence-corrected chi connectivity index (χ1v) is 12.3. The van der Waals surface area contributed by atoms with Gasteiger partial charge in [-0.25, -0.2) is 8.42 Å². The first-order valence-electron chi connectivity index (χ1n) is 10.1. The van der Waals surface area contributed by atoms with Gasteiger partial charge in [0.15, 0.2) is 5.96 Å². The predicted molar refractivity (Wildman–Crippen MR) is 114 cm³/mol. The second-order valence-electron chi connectivity index (χ2n) is 7.51. The SMILES string of the molecule is CCN(CC)S(=O)(=O)c1ccc(CCNC(=NC)N2CCC3(CCOC3)C2)s1. The molecule has 1 aromatic heterocycles. The molecule has 2 aliphatic heterocycles. The average Bonchev–Trinajstić information content (AvgIpc) is 3.42. The molecule has 28 heavy (non-hydrogen) atoms. The molecule has 9 heteroatoms. The van der Waals surface area contributed by atoms with Crippen LogP contribution in [-0.4, -0.2) is 76.6 Å². The summed E-state index contributed by atoms with van der Waals surface area (Å²) in [6.45, 7) is 9.19. The fraction of sp³-hybridized carbons (Fsp3) is 0.737. The molecule has 3 heterocycles. The van der Waals surface area contributed by atoms with Gasteiger partial charge in [-0.1, -0.05) is 13.8 Å². The molecule has 158 valence electrons. The minimum atomic E-state index is -3.36. The van der Waals surface area contributed by atoms with Gasteiger partial charge in [0.25, 0.3) is 10.0 Å². The van der Waals surface area contributed by atoms with Crippen LogP contribution in [0, 0.1) is 5.41 Å². The van der Waals surface area contributed by atoms with Gasteiger partial charge < -0.3 is 15.0 Å². The van der Waals surface area contributed by atoms with E-state index in [-0.39, 0.29) is 0 Å². The minimum Gasteiger partial charge on any atom is -0.381 e. The maximum Gasteiger partial charge on any atom is 0.252 e. The minimum absolute atomic E-state index is 0.305. The topological polar surface area (TPSA) is 74.2 Å². The molecule has 3 rings (SSSR count). The number of hydrogen-bond donors (Lipinski definition) is 1. The third-order valence-corrected chi connectivity index (χ3v) is 9.39. The highest BCUT2D eigenvalue weighted by atomic mass is 32.2. The molecule has 2 aliphatic rings. The number of nitrogens with zero attached hydrogens (tertiary/aromatic N) is 3. The second-order valence-corrected chi connectivity index (χ2v) is 10.8. The first-order chi connectivity index (χ1) is 13.4. The van der Waals surface area contributed by atoms with Gasteiger partial charge in [-0.3, -0.25) is 4.99 Å². The maximum absolute atomic E-state index is 12.6. The number of aliphatic imine (C=N–C) groups is 1. The third kappa shape index (κ3) is 4.53. The summed E-state index contributed by atoms with van der Waals surface area (Å²) in [4.78, 5) is 7.82. The Kier molecular flexibility index (Phi) is 7.01. The Bertz CT molecular complexity index is 781. The molecule has 1 unspecified atom stereocenters. The van der Waals surface area contributed by atoms with Crippen molar-refractivity contribution >= 4 is 27.3 Å². The van der Waals surface area contributed by atoms with Crippen molar-refractivity contribution in [3.05, 3.63) is 17.0 Å². The molecule has 0 bridgehead atoms. The number of sulfonamides is 1. The summed E-state index contributed by atoms with van der Waals surface area (Å²) >= 11 is 1.37. The van der Waals surface area contributed by atoms with Crippen molar-refractivity contribution in [2.75, 3.05) is 53.0 Å². The quantitative estimate of drug-likeness (QED) is 0.531. The van der Waals surface area contributed by atoms with Gasteiger partial charge in [0.05, 0.1) is 6.61 Å². The molecule has 0 aromatic carbocycles. The van der Waals surface area contributed by atoms with E-state index < -0.39 is 10.0 Å². The normalized spacial score (nSPS) is 23.3. The number of rotatable bonds is 7. The van der Waals surface area contributed by atoms with E-state index in [0.717, 1.165) is 62.9 Å². The summed E-state index contributed by atoms with van der Waals surface area (Å²) in [7, 11) is -1.55. The third-order valence-electron chi connectivity index (χ3n) is 5.73. The Labute approximate surface area is 172 Å². The van der Waals surface area contributed by atoms with Crippen molar-refractivity contribution in [2.45, 2.75) is 37.3 Å². The fourth-order valence-electron chi connectivity index (χ4n) is 4.04. The lowest BCUT2D eigenvalue weighted by Gasteiger charge is -2.24. The molecule has 1 N–H and O–H groups in total. The summed E-state index contributed by atoms with van der Waals surface area (Å²) in [6, 6.07) is 3.65. The van der Waals surface area contributed by atoms with Gasteiger partial charge in [0, 0.05) is 56.7 Å².